The van der Waals surface area contributed by atoms with Gasteiger partial charge in [0.2, 0.25) is 5.91 Å². The van der Waals surface area contributed by atoms with Crippen molar-refractivity contribution in [3.8, 4) is 0 Å². The number of rotatable bonds is 8. The fourth-order valence-electron chi connectivity index (χ4n) is 4.69. The van der Waals surface area contributed by atoms with Gasteiger partial charge in [-0.1, -0.05) is 36.4 Å². The van der Waals surface area contributed by atoms with Crippen LogP contribution < -0.4 is 10.6 Å². The second-order valence-electron chi connectivity index (χ2n) is 9.14. The highest BCUT2D eigenvalue weighted by atomic mass is 19.4. The van der Waals surface area contributed by atoms with E-state index in [0.29, 0.717) is 24.0 Å². The van der Waals surface area contributed by atoms with Crippen LogP contribution in [0.5, 0.6) is 0 Å². The lowest BCUT2D eigenvalue weighted by Gasteiger charge is -2.27. The summed E-state index contributed by atoms with van der Waals surface area (Å²) in [7, 11) is 1.54. The first-order valence-corrected chi connectivity index (χ1v) is 12.1. The van der Waals surface area contributed by atoms with E-state index in [0.717, 1.165) is 37.3 Å². The molecule has 8 heteroatoms. The minimum atomic E-state index is -4.48. The third-order valence-corrected chi connectivity index (χ3v) is 6.69. The van der Waals surface area contributed by atoms with Crippen LogP contribution in [0.15, 0.2) is 60.8 Å². The first kappa shape index (κ1) is 25.8. The molecular formula is C28H29F4N3O. The Hall–Kier alpha value is -3.26. The SMILES string of the molecule is CNC(=O)C(N[C@H](CCc1ccc(C(F)(F)F)nc1)c1ccc2c(c1)CCCC2)c1ccc(F)cc1. The minimum Gasteiger partial charge on any atom is -0.358 e. The molecule has 1 heterocycles. The number of hydrogen-bond donors (Lipinski definition) is 2. The van der Waals surface area contributed by atoms with E-state index in [2.05, 4.69) is 33.8 Å². The van der Waals surface area contributed by atoms with Gasteiger partial charge in [-0.3, -0.25) is 15.1 Å². The topological polar surface area (TPSA) is 54.0 Å². The number of aromatic nitrogens is 1. The fourth-order valence-corrected chi connectivity index (χ4v) is 4.69. The van der Waals surface area contributed by atoms with Crippen LogP contribution >= 0.6 is 0 Å². The number of likely N-dealkylation sites (N-methyl/N-ethyl adjacent to an activating group) is 1. The molecule has 0 saturated carbocycles. The van der Waals surface area contributed by atoms with Crippen molar-refractivity contribution in [3.05, 3.63) is 100 Å². The third kappa shape index (κ3) is 6.29. The maximum Gasteiger partial charge on any atom is 0.433 e. The van der Waals surface area contributed by atoms with Crippen molar-refractivity contribution in [2.45, 2.75) is 56.8 Å². The molecule has 4 nitrogen and oxygen atoms in total. The van der Waals surface area contributed by atoms with Crippen LogP contribution in [-0.4, -0.2) is 17.9 Å². The summed E-state index contributed by atoms with van der Waals surface area (Å²) in [6.45, 7) is 0. The second-order valence-corrected chi connectivity index (χ2v) is 9.14. The molecule has 0 saturated heterocycles. The van der Waals surface area contributed by atoms with Gasteiger partial charge in [0.15, 0.2) is 0 Å². The average molecular weight is 500 g/mol. The lowest BCUT2D eigenvalue weighted by Crippen LogP contribution is -2.38. The Kier molecular flexibility index (Phi) is 8.04. The van der Waals surface area contributed by atoms with Crippen molar-refractivity contribution >= 4 is 5.91 Å². The predicted octanol–water partition coefficient (Wildman–Crippen LogP) is 5.87. The van der Waals surface area contributed by atoms with Gasteiger partial charge in [-0.2, -0.15) is 13.2 Å². The summed E-state index contributed by atoms with van der Waals surface area (Å²) < 4.78 is 52.2. The van der Waals surface area contributed by atoms with E-state index < -0.39 is 23.7 Å². The summed E-state index contributed by atoms with van der Waals surface area (Å²) >= 11 is 0. The molecule has 0 aliphatic heterocycles. The molecule has 1 amide bonds. The number of halogens is 4. The van der Waals surface area contributed by atoms with Crippen LogP contribution in [0.25, 0.3) is 0 Å². The number of amides is 1. The number of benzene rings is 2. The van der Waals surface area contributed by atoms with Gasteiger partial charge < -0.3 is 5.32 Å². The third-order valence-electron chi connectivity index (χ3n) is 6.69. The summed E-state index contributed by atoms with van der Waals surface area (Å²) in [5.41, 5.74) is 4.00. The maximum absolute atomic E-state index is 13.5. The molecule has 1 unspecified atom stereocenters. The van der Waals surface area contributed by atoms with Crippen molar-refractivity contribution in [2.24, 2.45) is 0 Å². The molecule has 1 aromatic heterocycles. The zero-order chi connectivity index (χ0) is 25.7. The monoisotopic (exact) mass is 499 g/mol. The Balaban J connectivity index is 1.61. The zero-order valence-corrected chi connectivity index (χ0v) is 20.0. The summed E-state index contributed by atoms with van der Waals surface area (Å²) in [6, 6.07) is 13.6. The largest absolute Gasteiger partial charge is 0.433 e. The van der Waals surface area contributed by atoms with E-state index in [9.17, 15) is 22.4 Å². The number of aryl methyl sites for hydroxylation is 3. The summed E-state index contributed by atoms with van der Waals surface area (Å²) in [5, 5.41) is 6.10. The van der Waals surface area contributed by atoms with Crippen LogP contribution in [0.1, 0.15) is 64.9 Å². The normalized spacial score (nSPS) is 15.1. The standard InChI is InChI=1S/C28H29F4N3O/c1-33-27(36)26(20-10-12-23(29)13-11-20)35-24(22-9-8-19-4-2-3-5-21(19)16-22)14-6-18-7-15-25(34-17-18)28(30,31)32/h7-13,15-17,24,26,35H,2-6,14H2,1H3,(H,33,36)/t24-,26?/m1/s1. The van der Waals surface area contributed by atoms with Crippen LogP contribution in [0.4, 0.5) is 17.6 Å². The first-order chi connectivity index (χ1) is 17.2. The summed E-state index contributed by atoms with van der Waals surface area (Å²) in [6.07, 6.45) is 2.09. The number of hydrogen-bond acceptors (Lipinski definition) is 3. The molecule has 2 N–H and O–H groups in total. The molecule has 0 bridgehead atoms. The maximum atomic E-state index is 13.5. The quantitative estimate of drug-likeness (QED) is 0.381. The van der Waals surface area contributed by atoms with Crippen LogP contribution in [0, 0.1) is 5.82 Å². The van der Waals surface area contributed by atoms with E-state index in [1.54, 1.807) is 19.2 Å². The number of carbonyl (C=O) groups is 1. The smallest absolute Gasteiger partial charge is 0.358 e. The summed E-state index contributed by atoms with van der Waals surface area (Å²) in [4.78, 5) is 16.4. The van der Waals surface area contributed by atoms with Crippen LogP contribution in [-0.2, 0) is 30.2 Å². The van der Waals surface area contributed by atoms with E-state index in [4.69, 9.17) is 0 Å². The van der Waals surface area contributed by atoms with Gasteiger partial charge in [0.25, 0.3) is 0 Å². The Morgan fingerprint density at radius 1 is 0.972 bits per heavy atom. The Bertz CT molecular complexity index is 1180. The van der Waals surface area contributed by atoms with Gasteiger partial charge in [-0.05, 0) is 84.5 Å². The molecule has 4 rings (SSSR count). The van der Waals surface area contributed by atoms with Gasteiger partial charge in [0.05, 0.1) is 0 Å². The van der Waals surface area contributed by atoms with E-state index in [1.807, 2.05) is 0 Å². The van der Waals surface area contributed by atoms with Crippen molar-refractivity contribution in [2.75, 3.05) is 7.05 Å². The molecule has 1 aliphatic rings. The summed E-state index contributed by atoms with van der Waals surface area (Å²) in [5.74, 6) is -0.656. The molecule has 0 fully saturated rings. The lowest BCUT2D eigenvalue weighted by atomic mass is 9.88. The van der Waals surface area contributed by atoms with Crippen molar-refractivity contribution in [3.63, 3.8) is 0 Å². The second kappa shape index (κ2) is 11.2. The highest BCUT2D eigenvalue weighted by Crippen LogP contribution is 2.30. The van der Waals surface area contributed by atoms with E-state index in [1.165, 1.54) is 35.5 Å². The fraction of sp³-hybridized carbons (Fsp3) is 0.357. The minimum absolute atomic E-state index is 0.263. The Morgan fingerprint density at radius 2 is 1.67 bits per heavy atom. The molecule has 190 valence electrons. The van der Waals surface area contributed by atoms with Gasteiger partial charge in [0.1, 0.15) is 17.6 Å². The molecule has 3 aromatic rings. The van der Waals surface area contributed by atoms with Crippen LogP contribution in [0.2, 0.25) is 0 Å². The molecule has 2 aromatic carbocycles. The number of nitrogens with one attached hydrogen (secondary N) is 2. The lowest BCUT2D eigenvalue weighted by molar-refractivity contribution is -0.141. The number of fused-ring (bicyclic) bond motifs is 1. The van der Waals surface area contributed by atoms with E-state index >= 15 is 0 Å². The molecule has 0 radical (unpaired) electrons. The van der Waals surface area contributed by atoms with Gasteiger partial charge in [-0.15, -0.1) is 0 Å². The highest BCUT2D eigenvalue weighted by molar-refractivity contribution is 5.83. The van der Waals surface area contributed by atoms with Gasteiger partial charge in [0, 0.05) is 19.3 Å². The van der Waals surface area contributed by atoms with Crippen molar-refractivity contribution < 1.29 is 22.4 Å². The van der Waals surface area contributed by atoms with Gasteiger partial charge >= 0.3 is 6.18 Å². The first-order valence-electron chi connectivity index (χ1n) is 12.1. The number of carbonyl (C=O) groups excluding carboxylic acids is 1. The molecule has 1 aliphatic carbocycles. The molecule has 36 heavy (non-hydrogen) atoms. The predicted molar refractivity (Wildman–Crippen MR) is 130 cm³/mol. The molecule has 0 spiro atoms. The van der Waals surface area contributed by atoms with Crippen LogP contribution in [0.3, 0.4) is 0 Å². The molecular weight excluding hydrogens is 470 g/mol. The zero-order valence-electron chi connectivity index (χ0n) is 20.0. The highest BCUT2D eigenvalue weighted by Gasteiger charge is 2.32. The average Bonchev–Trinajstić information content (AvgIpc) is 2.88. The number of alkyl halides is 3. The number of nitrogens with zero attached hydrogens (tertiary/aromatic N) is 1. The Labute approximate surface area is 208 Å². The van der Waals surface area contributed by atoms with Gasteiger partial charge in [-0.25, -0.2) is 4.39 Å². The van der Waals surface area contributed by atoms with E-state index in [-0.39, 0.29) is 11.9 Å². The van der Waals surface area contributed by atoms with Crippen molar-refractivity contribution in [1.29, 1.82) is 0 Å². The molecule has 2 atom stereocenters. The van der Waals surface area contributed by atoms with Crippen molar-refractivity contribution in [1.82, 2.24) is 15.6 Å². The number of pyridine rings is 1. The Morgan fingerprint density at radius 3 is 2.31 bits per heavy atom.